The molecule has 0 aliphatic heterocycles. The summed E-state index contributed by atoms with van der Waals surface area (Å²) >= 11 is 1.18. The maximum Gasteiger partial charge on any atom is 0.281 e. The van der Waals surface area contributed by atoms with E-state index in [4.69, 9.17) is 10.5 Å². The van der Waals surface area contributed by atoms with E-state index >= 15 is 0 Å². The Morgan fingerprint density at radius 3 is 2.58 bits per heavy atom. The first-order chi connectivity index (χ1) is 12.4. The average molecular weight is 371 g/mol. The van der Waals surface area contributed by atoms with E-state index in [0.717, 1.165) is 16.6 Å². The molecule has 0 saturated heterocycles. The number of hydrazine groups is 1. The minimum atomic E-state index is -0.502. The van der Waals surface area contributed by atoms with Gasteiger partial charge in [0.15, 0.2) is 0 Å². The van der Waals surface area contributed by atoms with Gasteiger partial charge in [-0.1, -0.05) is 0 Å². The lowest BCUT2D eigenvalue weighted by Crippen LogP contribution is -2.41. The third-order valence-corrected chi connectivity index (χ3v) is 4.83. The van der Waals surface area contributed by atoms with Gasteiger partial charge in [-0.25, -0.2) is 9.97 Å². The number of carbonyl (C=O) groups excluding carboxylic acids is 2. The molecule has 0 atom stereocenters. The van der Waals surface area contributed by atoms with Gasteiger partial charge in [0.2, 0.25) is 5.88 Å². The number of nitrogens with zero attached hydrogens (tertiary/aromatic N) is 2. The predicted molar refractivity (Wildman–Crippen MR) is 99.2 cm³/mol. The number of pyridine rings is 2. The van der Waals surface area contributed by atoms with Crippen LogP contribution in [-0.2, 0) is 0 Å². The fraction of sp³-hybridized carbons (Fsp3) is 0.176. The fourth-order valence-electron chi connectivity index (χ4n) is 2.52. The van der Waals surface area contributed by atoms with Crippen molar-refractivity contribution >= 4 is 39.1 Å². The van der Waals surface area contributed by atoms with Gasteiger partial charge in [-0.05, 0) is 31.5 Å². The first-order valence-corrected chi connectivity index (χ1v) is 8.49. The molecule has 0 aliphatic rings. The van der Waals surface area contributed by atoms with Gasteiger partial charge in [0.25, 0.3) is 11.8 Å². The van der Waals surface area contributed by atoms with Crippen LogP contribution in [0.15, 0.2) is 24.4 Å². The van der Waals surface area contributed by atoms with Crippen LogP contribution >= 0.6 is 11.3 Å². The van der Waals surface area contributed by atoms with Gasteiger partial charge in [0.05, 0.1) is 18.4 Å². The van der Waals surface area contributed by atoms with E-state index in [9.17, 15) is 9.59 Å². The second kappa shape index (κ2) is 6.96. The molecule has 3 aromatic rings. The van der Waals surface area contributed by atoms with E-state index in [2.05, 4.69) is 20.8 Å². The number of nitrogens with two attached hydrogens (primary N) is 1. The Bertz CT molecular complexity index is 998. The SMILES string of the molecule is COc1ccc(C(=O)NNC(=O)c2sc3nc(C)cc(C)c3c2N)cn1. The number of rotatable bonds is 3. The smallest absolute Gasteiger partial charge is 0.281 e. The summed E-state index contributed by atoms with van der Waals surface area (Å²) in [6, 6.07) is 5.00. The number of hydrogen-bond donors (Lipinski definition) is 3. The third kappa shape index (κ3) is 3.29. The monoisotopic (exact) mass is 371 g/mol. The van der Waals surface area contributed by atoms with Crippen molar-refractivity contribution in [3.63, 3.8) is 0 Å². The predicted octanol–water partition coefficient (Wildman–Crippen LogP) is 1.97. The van der Waals surface area contributed by atoms with E-state index < -0.39 is 11.8 Å². The second-order valence-electron chi connectivity index (χ2n) is 5.60. The molecule has 0 radical (unpaired) electrons. The van der Waals surface area contributed by atoms with Crippen molar-refractivity contribution in [2.24, 2.45) is 0 Å². The number of nitrogen functional groups attached to an aromatic ring is 1. The number of fused-ring (bicyclic) bond motifs is 1. The van der Waals surface area contributed by atoms with Crippen molar-refractivity contribution < 1.29 is 14.3 Å². The largest absolute Gasteiger partial charge is 0.481 e. The molecule has 3 heterocycles. The van der Waals surface area contributed by atoms with Crippen LogP contribution in [0.2, 0.25) is 0 Å². The van der Waals surface area contributed by atoms with E-state index in [1.165, 1.54) is 30.7 Å². The first-order valence-electron chi connectivity index (χ1n) is 7.67. The lowest BCUT2D eigenvalue weighted by Gasteiger charge is -2.07. The molecule has 0 saturated carbocycles. The van der Waals surface area contributed by atoms with Crippen LogP contribution < -0.4 is 21.3 Å². The van der Waals surface area contributed by atoms with Gasteiger partial charge in [0.1, 0.15) is 9.71 Å². The van der Waals surface area contributed by atoms with Crippen molar-refractivity contribution in [2.75, 3.05) is 12.8 Å². The fourth-order valence-corrected chi connectivity index (χ4v) is 3.63. The Morgan fingerprint density at radius 1 is 1.19 bits per heavy atom. The number of nitrogens with one attached hydrogen (secondary N) is 2. The van der Waals surface area contributed by atoms with Crippen LogP contribution in [0.1, 0.15) is 31.3 Å². The highest BCUT2D eigenvalue weighted by Crippen LogP contribution is 2.34. The molecular weight excluding hydrogens is 354 g/mol. The minimum Gasteiger partial charge on any atom is -0.481 e. The molecule has 3 rings (SSSR count). The Balaban J connectivity index is 1.75. The molecule has 2 amide bonds. The number of thiophene rings is 1. The van der Waals surface area contributed by atoms with Crippen LogP contribution in [-0.4, -0.2) is 28.9 Å². The normalized spacial score (nSPS) is 10.6. The van der Waals surface area contributed by atoms with Gasteiger partial charge in [-0.3, -0.25) is 20.4 Å². The quantitative estimate of drug-likeness (QED) is 0.606. The Hall–Kier alpha value is -3.20. The summed E-state index contributed by atoms with van der Waals surface area (Å²) in [5.41, 5.74) is 13.3. The number of aromatic nitrogens is 2. The molecule has 0 fully saturated rings. The van der Waals surface area contributed by atoms with Crippen molar-refractivity contribution in [3.8, 4) is 5.88 Å². The second-order valence-corrected chi connectivity index (χ2v) is 6.60. The summed E-state index contributed by atoms with van der Waals surface area (Å²) in [5.74, 6) is -0.613. The summed E-state index contributed by atoms with van der Waals surface area (Å²) in [6.45, 7) is 3.80. The highest BCUT2D eigenvalue weighted by atomic mass is 32.1. The number of hydrogen-bond acceptors (Lipinski definition) is 7. The van der Waals surface area contributed by atoms with Crippen molar-refractivity contribution in [1.82, 2.24) is 20.8 Å². The first kappa shape index (κ1) is 17.6. The van der Waals surface area contributed by atoms with Crippen LogP contribution in [0.3, 0.4) is 0 Å². The summed E-state index contributed by atoms with van der Waals surface area (Å²) in [6.07, 6.45) is 1.35. The number of aryl methyl sites for hydroxylation is 2. The maximum absolute atomic E-state index is 12.4. The lowest BCUT2D eigenvalue weighted by molar-refractivity contribution is 0.0849. The zero-order valence-electron chi connectivity index (χ0n) is 14.4. The highest BCUT2D eigenvalue weighted by Gasteiger charge is 2.19. The molecular formula is C17H17N5O3S. The molecule has 0 bridgehead atoms. The minimum absolute atomic E-state index is 0.281. The molecule has 0 aromatic carbocycles. The third-order valence-electron chi connectivity index (χ3n) is 3.73. The summed E-state index contributed by atoms with van der Waals surface area (Å²) in [4.78, 5) is 33.8. The zero-order chi connectivity index (χ0) is 18.8. The average Bonchev–Trinajstić information content (AvgIpc) is 2.96. The number of amides is 2. The number of ether oxygens (including phenoxy) is 1. The molecule has 134 valence electrons. The van der Waals surface area contributed by atoms with Crippen molar-refractivity contribution in [2.45, 2.75) is 13.8 Å². The van der Waals surface area contributed by atoms with Gasteiger partial charge in [0, 0.05) is 23.3 Å². The number of methoxy groups -OCH3 is 1. The highest BCUT2D eigenvalue weighted by molar-refractivity contribution is 7.21. The zero-order valence-corrected chi connectivity index (χ0v) is 15.2. The summed E-state index contributed by atoms with van der Waals surface area (Å²) < 4.78 is 4.93. The maximum atomic E-state index is 12.4. The van der Waals surface area contributed by atoms with Gasteiger partial charge in [-0.15, -0.1) is 11.3 Å². The van der Waals surface area contributed by atoms with Crippen molar-refractivity contribution in [3.05, 3.63) is 46.1 Å². The molecule has 9 heteroatoms. The van der Waals surface area contributed by atoms with E-state index in [1.807, 2.05) is 19.9 Å². The summed E-state index contributed by atoms with van der Waals surface area (Å²) in [5, 5.41) is 0.761. The Labute approximate surface area is 153 Å². The molecule has 0 aliphatic carbocycles. The molecule has 0 unspecified atom stereocenters. The van der Waals surface area contributed by atoms with E-state index in [-0.39, 0.29) is 5.56 Å². The summed E-state index contributed by atoms with van der Waals surface area (Å²) in [7, 11) is 1.48. The number of anilines is 1. The molecule has 0 spiro atoms. The van der Waals surface area contributed by atoms with Crippen LogP contribution in [0.5, 0.6) is 5.88 Å². The molecule has 8 nitrogen and oxygen atoms in total. The van der Waals surface area contributed by atoms with Crippen LogP contribution in [0.4, 0.5) is 5.69 Å². The van der Waals surface area contributed by atoms with E-state index in [1.54, 1.807) is 6.07 Å². The molecule has 26 heavy (non-hydrogen) atoms. The topological polar surface area (TPSA) is 119 Å². The van der Waals surface area contributed by atoms with Crippen LogP contribution in [0, 0.1) is 13.8 Å². The Morgan fingerprint density at radius 2 is 1.92 bits per heavy atom. The Kier molecular flexibility index (Phi) is 4.72. The lowest BCUT2D eigenvalue weighted by atomic mass is 10.1. The molecule has 3 aromatic heterocycles. The van der Waals surface area contributed by atoms with Gasteiger partial charge in [-0.2, -0.15) is 0 Å². The van der Waals surface area contributed by atoms with Crippen LogP contribution in [0.25, 0.3) is 10.2 Å². The van der Waals surface area contributed by atoms with Crippen molar-refractivity contribution in [1.29, 1.82) is 0 Å². The number of carbonyl (C=O) groups is 2. The molecule has 4 N–H and O–H groups in total. The van der Waals surface area contributed by atoms with Gasteiger partial charge < -0.3 is 10.5 Å². The van der Waals surface area contributed by atoms with Gasteiger partial charge >= 0.3 is 0 Å². The van der Waals surface area contributed by atoms with E-state index in [0.29, 0.717) is 21.3 Å². The standard InChI is InChI=1S/C17H17N5O3S/c1-8-6-9(2)20-17-12(8)13(18)14(26-17)16(24)22-21-15(23)10-4-5-11(25-3)19-7-10/h4-7H,18H2,1-3H3,(H,21,23)(H,22,24).